The normalized spacial score (nSPS) is 16.1. The fourth-order valence-corrected chi connectivity index (χ4v) is 2.80. The van der Waals surface area contributed by atoms with Crippen LogP contribution < -0.4 is 5.32 Å². The van der Waals surface area contributed by atoms with E-state index in [2.05, 4.69) is 17.4 Å². The summed E-state index contributed by atoms with van der Waals surface area (Å²) in [6.45, 7) is 0.720. The second-order valence-corrected chi connectivity index (χ2v) is 5.41. The first-order valence-corrected chi connectivity index (χ1v) is 6.87. The van der Waals surface area contributed by atoms with E-state index in [-0.39, 0.29) is 5.56 Å². The number of benzene rings is 2. The number of rotatable bonds is 4. The van der Waals surface area contributed by atoms with Gasteiger partial charge in [0.25, 0.3) is 0 Å². The number of halogens is 1. The summed E-state index contributed by atoms with van der Waals surface area (Å²) in [6.07, 6.45) is 1.03. The molecule has 3 rings (SSSR count). The number of fused-ring (bicyclic) bond motifs is 1. The highest BCUT2D eigenvalue weighted by atomic mass is 35.5. The van der Waals surface area contributed by atoms with Gasteiger partial charge in [0, 0.05) is 17.5 Å². The number of carboxylic acid groups (broad SMARTS) is 1. The highest BCUT2D eigenvalue weighted by Crippen LogP contribution is 2.35. The average molecular weight is 288 g/mol. The van der Waals surface area contributed by atoms with Crippen LogP contribution in [0.4, 0.5) is 5.69 Å². The molecular weight excluding hydrogens is 274 g/mol. The molecule has 2 aromatic rings. The van der Waals surface area contributed by atoms with Gasteiger partial charge in [0.05, 0.1) is 11.3 Å². The summed E-state index contributed by atoms with van der Waals surface area (Å²) in [6, 6.07) is 13.1. The Morgan fingerprint density at radius 3 is 2.85 bits per heavy atom. The summed E-state index contributed by atoms with van der Waals surface area (Å²) >= 11 is 5.93. The zero-order chi connectivity index (χ0) is 14.1. The molecule has 0 saturated carbocycles. The molecule has 0 aliphatic heterocycles. The second kappa shape index (κ2) is 5.17. The summed E-state index contributed by atoms with van der Waals surface area (Å²) in [5.41, 5.74) is 3.55. The molecule has 1 unspecified atom stereocenters. The van der Waals surface area contributed by atoms with Crippen molar-refractivity contribution in [3.63, 3.8) is 0 Å². The summed E-state index contributed by atoms with van der Waals surface area (Å²) in [5, 5.41) is 12.9. The van der Waals surface area contributed by atoms with Gasteiger partial charge in [0.1, 0.15) is 0 Å². The maximum absolute atomic E-state index is 11.2. The van der Waals surface area contributed by atoms with Gasteiger partial charge < -0.3 is 10.4 Å². The molecule has 0 amide bonds. The van der Waals surface area contributed by atoms with Crippen LogP contribution in [0.1, 0.15) is 27.4 Å². The minimum atomic E-state index is -0.946. The molecule has 1 aliphatic rings. The van der Waals surface area contributed by atoms with E-state index in [0.717, 1.165) is 13.0 Å². The molecule has 1 aliphatic carbocycles. The first kappa shape index (κ1) is 13.0. The third-order valence-corrected chi connectivity index (χ3v) is 3.95. The number of aromatic carboxylic acids is 1. The molecule has 0 aromatic heterocycles. The fourth-order valence-electron chi connectivity index (χ4n) is 2.63. The molecule has 0 radical (unpaired) electrons. The van der Waals surface area contributed by atoms with Gasteiger partial charge in [0.15, 0.2) is 0 Å². The summed E-state index contributed by atoms with van der Waals surface area (Å²) < 4.78 is 0. The van der Waals surface area contributed by atoms with Crippen LogP contribution in [0.25, 0.3) is 0 Å². The third kappa shape index (κ3) is 2.37. The quantitative estimate of drug-likeness (QED) is 0.899. The Bertz CT molecular complexity index is 669. The van der Waals surface area contributed by atoms with Gasteiger partial charge in [-0.25, -0.2) is 4.79 Å². The van der Waals surface area contributed by atoms with E-state index in [4.69, 9.17) is 16.7 Å². The SMILES string of the molecule is O=C(O)c1ccc(Cl)cc1NCC1Cc2ccccc21. The minimum absolute atomic E-state index is 0.252. The van der Waals surface area contributed by atoms with Crippen molar-refractivity contribution in [2.45, 2.75) is 12.3 Å². The number of carbonyl (C=O) groups is 1. The fraction of sp³-hybridized carbons (Fsp3) is 0.188. The van der Waals surface area contributed by atoms with E-state index < -0.39 is 5.97 Å². The maximum atomic E-state index is 11.2. The van der Waals surface area contributed by atoms with Gasteiger partial charge in [0.2, 0.25) is 0 Å². The van der Waals surface area contributed by atoms with E-state index in [0.29, 0.717) is 16.6 Å². The van der Waals surface area contributed by atoms with Gasteiger partial charge in [-0.1, -0.05) is 35.9 Å². The number of carboxylic acids is 1. The van der Waals surface area contributed by atoms with Crippen molar-refractivity contribution >= 4 is 23.3 Å². The van der Waals surface area contributed by atoms with Crippen molar-refractivity contribution in [3.8, 4) is 0 Å². The molecule has 2 aromatic carbocycles. The molecule has 1 atom stereocenters. The number of anilines is 1. The Labute approximate surface area is 122 Å². The van der Waals surface area contributed by atoms with Crippen molar-refractivity contribution in [2.75, 3.05) is 11.9 Å². The molecule has 2 N–H and O–H groups in total. The van der Waals surface area contributed by atoms with Crippen molar-refractivity contribution in [1.82, 2.24) is 0 Å². The summed E-state index contributed by atoms with van der Waals surface area (Å²) in [5.74, 6) is -0.509. The summed E-state index contributed by atoms with van der Waals surface area (Å²) in [4.78, 5) is 11.2. The molecule has 0 spiro atoms. The summed E-state index contributed by atoms with van der Waals surface area (Å²) in [7, 11) is 0. The molecule has 102 valence electrons. The predicted octanol–water partition coefficient (Wildman–Crippen LogP) is 3.79. The van der Waals surface area contributed by atoms with Crippen LogP contribution in [0.2, 0.25) is 5.02 Å². The first-order valence-electron chi connectivity index (χ1n) is 6.49. The zero-order valence-corrected chi connectivity index (χ0v) is 11.5. The van der Waals surface area contributed by atoms with Crippen molar-refractivity contribution in [1.29, 1.82) is 0 Å². The number of hydrogen-bond acceptors (Lipinski definition) is 2. The van der Waals surface area contributed by atoms with Gasteiger partial charge in [-0.05, 0) is 35.7 Å². The van der Waals surface area contributed by atoms with Crippen LogP contribution in [0.15, 0.2) is 42.5 Å². The molecule has 20 heavy (non-hydrogen) atoms. The van der Waals surface area contributed by atoms with Crippen molar-refractivity contribution in [3.05, 3.63) is 64.2 Å². The standard InChI is InChI=1S/C16H14ClNO2/c17-12-5-6-14(16(19)20)15(8-12)18-9-11-7-10-3-1-2-4-13(10)11/h1-6,8,11,18H,7,9H2,(H,19,20). The topological polar surface area (TPSA) is 49.3 Å². The molecule has 4 heteroatoms. The Kier molecular flexibility index (Phi) is 3.36. The maximum Gasteiger partial charge on any atom is 0.337 e. The smallest absolute Gasteiger partial charge is 0.337 e. The molecular formula is C16H14ClNO2. The lowest BCUT2D eigenvalue weighted by molar-refractivity contribution is 0.0698. The van der Waals surface area contributed by atoms with Crippen LogP contribution in [-0.2, 0) is 6.42 Å². The van der Waals surface area contributed by atoms with E-state index >= 15 is 0 Å². The Hall–Kier alpha value is -2.00. The van der Waals surface area contributed by atoms with Crippen molar-refractivity contribution < 1.29 is 9.90 Å². The average Bonchev–Trinajstić information content (AvgIpc) is 2.39. The van der Waals surface area contributed by atoms with Crippen LogP contribution >= 0.6 is 11.6 Å². The highest BCUT2D eigenvalue weighted by Gasteiger charge is 2.25. The lowest BCUT2D eigenvalue weighted by atomic mass is 9.77. The Morgan fingerprint density at radius 2 is 2.10 bits per heavy atom. The van der Waals surface area contributed by atoms with Crippen LogP contribution in [-0.4, -0.2) is 17.6 Å². The van der Waals surface area contributed by atoms with E-state index in [1.165, 1.54) is 17.2 Å². The van der Waals surface area contributed by atoms with Crippen LogP contribution in [0.3, 0.4) is 0 Å². The molecule has 3 nitrogen and oxygen atoms in total. The molecule has 0 saturated heterocycles. The predicted molar refractivity (Wildman–Crippen MR) is 79.8 cm³/mol. The monoisotopic (exact) mass is 287 g/mol. The Morgan fingerprint density at radius 1 is 1.30 bits per heavy atom. The van der Waals surface area contributed by atoms with Gasteiger partial charge in [-0.2, -0.15) is 0 Å². The highest BCUT2D eigenvalue weighted by molar-refractivity contribution is 6.31. The molecule has 0 heterocycles. The van der Waals surface area contributed by atoms with Crippen molar-refractivity contribution in [2.24, 2.45) is 0 Å². The van der Waals surface area contributed by atoms with E-state index in [1.807, 2.05) is 12.1 Å². The lowest BCUT2D eigenvalue weighted by Gasteiger charge is -2.30. The Balaban J connectivity index is 1.74. The third-order valence-electron chi connectivity index (χ3n) is 3.71. The zero-order valence-electron chi connectivity index (χ0n) is 10.8. The molecule has 0 fully saturated rings. The van der Waals surface area contributed by atoms with E-state index in [9.17, 15) is 4.79 Å². The molecule has 0 bridgehead atoms. The first-order chi connectivity index (χ1) is 9.65. The largest absolute Gasteiger partial charge is 0.478 e. The van der Waals surface area contributed by atoms with Crippen LogP contribution in [0.5, 0.6) is 0 Å². The van der Waals surface area contributed by atoms with Gasteiger partial charge >= 0.3 is 5.97 Å². The van der Waals surface area contributed by atoms with Gasteiger partial charge in [-0.15, -0.1) is 0 Å². The lowest BCUT2D eigenvalue weighted by Crippen LogP contribution is -2.24. The number of nitrogens with one attached hydrogen (secondary N) is 1. The second-order valence-electron chi connectivity index (χ2n) is 4.98. The minimum Gasteiger partial charge on any atom is -0.478 e. The van der Waals surface area contributed by atoms with Gasteiger partial charge in [-0.3, -0.25) is 0 Å². The number of hydrogen-bond donors (Lipinski definition) is 2. The van der Waals surface area contributed by atoms with E-state index in [1.54, 1.807) is 12.1 Å². The van der Waals surface area contributed by atoms with Crippen LogP contribution in [0, 0.1) is 0 Å².